The molecule has 0 radical (unpaired) electrons. The second-order valence-electron chi connectivity index (χ2n) is 6.04. The van der Waals surface area contributed by atoms with Crippen LogP contribution in [-0.4, -0.2) is 29.8 Å². The summed E-state index contributed by atoms with van der Waals surface area (Å²) in [5.41, 5.74) is 0.137. The number of hydrogen-bond donors (Lipinski definition) is 2. The summed E-state index contributed by atoms with van der Waals surface area (Å²) >= 11 is 0. The third-order valence-corrected chi connectivity index (χ3v) is 2.87. The van der Waals surface area contributed by atoms with Crippen LogP contribution in [0, 0.1) is 5.92 Å². The molecule has 0 spiro atoms. The van der Waals surface area contributed by atoms with Crippen LogP contribution in [0.5, 0.6) is 5.75 Å². The van der Waals surface area contributed by atoms with Crippen molar-refractivity contribution in [3.05, 3.63) is 29.8 Å². The van der Waals surface area contributed by atoms with Gasteiger partial charge in [-0.15, -0.1) is 0 Å². The van der Waals surface area contributed by atoms with Gasteiger partial charge in [0, 0.05) is 17.7 Å². The number of benzene rings is 1. The average Bonchev–Trinajstić information content (AvgIpc) is 2.36. The van der Waals surface area contributed by atoms with E-state index in [-0.39, 0.29) is 12.5 Å². The summed E-state index contributed by atoms with van der Waals surface area (Å²) in [6.07, 6.45) is 0.516. The van der Waals surface area contributed by atoms with Gasteiger partial charge in [0.25, 0.3) is 5.91 Å². The number of aliphatic hydroxyl groups excluding tert-OH is 1. The van der Waals surface area contributed by atoms with Crippen LogP contribution in [0.25, 0.3) is 0 Å². The van der Waals surface area contributed by atoms with Gasteiger partial charge >= 0.3 is 0 Å². The maximum atomic E-state index is 12.2. The molecule has 0 fully saturated rings. The Morgan fingerprint density at radius 3 is 2.70 bits per heavy atom. The molecule has 2 N–H and O–H groups in total. The lowest BCUT2D eigenvalue weighted by Gasteiger charge is -2.25. The highest BCUT2D eigenvalue weighted by atomic mass is 16.5. The second-order valence-corrected chi connectivity index (χ2v) is 6.04. The zero-order valence-electron chi connectivity index (χ0n) is 12.8. The van der Waals surface area contributed by atoms with E-state index in [1.165, 1.54) is 0 Å². The Bertz CT molecular complexity index is 441. The topological polar surface area (TPSA) is 58.6 Å². The van der Waals surface area contributed by atoms with Crippen molar-refractivity contribution in [1.29, 1.82) is 0 Å². The number of nitrogens with one attached hydrogen (secondary N) is 1. The largest absolute Gasteiger partial charge is 0.493 e. The molecule has 0 bridgehead atoms. The molecular formula is C16H25NO3. The summed E-state index contributed by atoms with van der Waals surface area (Å²) in [6.45, 7) is 8.61. The van der Waals surface area contributed by atoms with Crippen molar-refractivity contribution < 1.29 is 14.6 Å². The Hall–Kier alpha value is -1.55. The van der Waals surface area contributed by atoms with Gasteiger partial charge in [-0.25, -0.2) is 0 Å². The number of ether oxygens (including phenoxy) is 1. The number of aliphatic hydroxyl groups is 1. The lowest BCUT2D eigenvalue weighted by atomic mass is 10.0. The number of amides is 1. The molecule has 0 aromatic heterocycles. The van der Waals surface area contributed by atoms with Crippen LogP contribution in [0.3, 0.4) is 0 Å². The van der Waals surface area contributed by atoms with Gasteiger partial charge in [0.05, 0.1) is 6.61 Å². The Balaban J connectivity index is 2.71. The van der Waals surface area contributed by atoms with Crippen molar-refractivity contribution in [3.8, 4) is 5.75 Å². The van der Waals surface area contributed by atoms with Gasteiger partial charge in [0.1, 0.15) is 5.75 Å². The van der Waals surface area contributed by atoms with Crippen molar-refractivity contribution in [2.75, 3.05) is 13.2 Å². The number of rotatable bonds is 7. The Kier molecular flexibility index (Phi) is 6.02. The standard InChI is InChI=1S/C16H25NO3/c1-12(2)11-20-14-7-5-6-13(10-14)15(19)17-16(3,4)8-9-18/h5-7,10,12,18H,8-9,11H2,1-4H3,(H,17,19). The minimum Gasteiger partial charge on any atom is -0.493 e. The maximum absolute atomic E-state index is 12.2. The minimum absolute atomic E-state index is 0.0464. The van der Waals surface area contributed by atoms with Crippen molar-refractivity contribution in [2.45, 2.75) is 39.7 Å². The smallest absolute Gasteiger partial charge is 0.251 e. The van der Waals surface area contributed by atoms with Gasteiger partial charge in [-0.2, -0.15) is 0 Å². The van der Waals surface area contributed by atoms with Crippen molar-refractivity contribution in [2.24, 2.45) is 5.92 Å². The Labute approximate surface area is 121 Å². The first-order chi connectivity index (χ1) is 9.34. The molecule has 0 atom stereocenters. The first-order valence-electron chi connectivity index (χ1n) is 7.00. The number of carbonyl (C=O) groups is 1. The van der Waals surface area contributed by atoms with Crippen LogP contribution < -0.4 is 10.1 Å². The zero-order chi connectivity index (χ0) is 15.2. The lowest BCUT2D eigenvalue weighted by molar-refractivity contribution is 0.0899. The predicted molar refractivity (Wildman–Crippen MR) is 80.0 cm³/mol. The van der Waals surface area contributed by atoms with Gasteiger partial charge in [0.2, 0.25) is 0 Å². The molecule has 1 amide bonds. The van der Waals surface area contributed by atoms with Crippen molar-refractivity contribution in [1.82, 2.24) is 5.32 Å². The molecule has 0 unspecified atom stereocenters. The van der Waals surface area contributed by atoms with E-state index in [1.807, 2.05) is 26.0 Å². The molecule has 1 aromatic carbocycles. The van der Waals surface area contributed by atoms with E-state index in [1.54, 1.807) is 12.1 Å². The highest BCUT2D eigenvalue weighted by molar-refractivity contribution is 5.95. The first-order valence-corrected chi connectivity index (χ1v) is 7.00. The van der Waals surface area contributed by atoms with Gasteiger partial charge in [-0.1, -0.05) is 19.9 Å². The highest BCUT2D eigenvalue weighted by Gasteiger charge is 2.20. The van der Waals surface area contributed by atoms with Crippen LogP contribution in [0.2, 0.25) is 0 Å². The predicted octanol–water partition coefficient (Wildman–Crippen LogP) is 2.61. The van der Waals surface area contributed by atoms with Gasteiger partial charge in [-0.05, 0) is 44.4 Å². The quantitative estimate of drug-likeness (QED) is 0.806. The first kappa shape index (κ1) is 16.5. The molecule has 1 rings (SSSR count). The zero-order valence-corrected chi connectivity index (χ0v) is 12.8. The van der Waals surface area contributed by atoms with E-state index >= 15 is 0 Å². The van der Waals surface area contributed by atoms with Crippen LogP contribution >= 0.6 is 0 Å². The monoisotopic (exact) mass is 279 g/mol. The summed E-state index contributed by atoms with van der Waals surface area (Å²) in [5, 5.41) is 11.9. The summed E-state index contributed by atoms with van der Waals surface area (Å²) in [4.78, 5) is 12.2. The Morgan fingerprint density at radius 1 is 1.40 bits per heavy atom. The SMILES string of the molecule is CC(C)COc1cccc(C(=O)NC(C)(C)CCO)c1. The normalized spacial score (nSPS) is 11.5. The highest BCUT2D eigenvalue weighted by Crippen LogP contribution is 2.16. The molecule has 20 heavy (non-hydrogen) atoms. The molecule has 112 valence electrons. The van der Waals surface area contributed by atoms with Crippen LogP contribution in [0.15, 0.2) is 24.3 Å². The third kappa shape index (κ3) is 5.61. The third-order valence-electron chi connectivity index (χ3n) is 2.87. The molecule has 0 saturated heterocycles. The fourth-order valence-electron chi connectivity index (χ4n) is 1.71. The summed E-state index contributed by atoms with van der Waals surface area (Å²) in [7, 11) is 0. The molecule has 0 aliphatic heterocycles. The van der Waals surface area contributed by atoms with E-state index in [4.69, 9.17) is 9.84 Å². The number of hydrogen-bond acceptors (Lipinski definition) is 3. The van der Waals surface area contributed by atoms with E-state index in [0.29, 0.717) is 30.3 Å². The van der Waals surface area contributed by atoms with Crippen LogP contribution in [0.1, 0.15) is 44.5 Å². The van der Waals surface area contributed by atoms with Gasteiger partial charge < -0.3 is 15.2 Å². The minimum atomic E-state index is -0.430. The van der Waals surface area contributed by atoms with Crippen molar-refractivity contribution >= 4 is 5.91 Å². The summed E-state index contributed by atoms with van der Waals surface area (Å²) in [6, 6.07) is 7.15. The summed E-state index contributed by atoms with van der Waals surface area (Å²) in [5.74, 6) is 0.987. The molecule has 0 heterocycles. The fourth-order valence-corrected chi connectivity index (χ4v) is 1.71. The fraction of sp³-hybridized carbons (Fsp3) is 0.562. The molecule has 0 aliphatic carbocycles. The average molecular weight is 279 g/mol. The molecule has 0 saturated carbocycles. The maximum Gasteiger partial charge on any atom is 0.251 e. The van der Waals surface area contributed by atoms with E-state index in [0.717, 1.165) is 0 Å². The Morgan fingerprint density at radius 2 is 2.10 bits per heavy atom. The molecular weight excluding hydrogens is 254 g/mol. The number of carbonyl (C=O) groups excluding carboxylic acids is 1. The molecule has 4 nitrogen and oxygen atoms in total. The summed E-state index contributed by atoms with van der Waals surface area (Å²) < 4.78 is 5.62. The van der Waals surface area contributed by atoms with Crippen LogP contribution in [-0.2, 0) is 0 Å². The van der Waals surface area contributed by atoms with Crippen molar-refractivity contribution in [3.63, 3.8) is 0 Å². The molecule has 0 aliphatic rings. The van der Waals surface area contributed by atoms with E-state index in [2.05, 4.69) is 19.2 Å². The van der Waals surface area contributed by atoms with E-state index in [9.17, 15) is 4.79 Å². The lowest BCUT2D eigenvalue weighted by Crippen LogP contribution is -2.44. The molecule has 4 heteroatoms. The molecule has 1 aromatic rings. The second kappa shape index (κ2) is 7.29. The van der Waals surface area contributed by atoms with Crippen LogP contribution in [0.4, 0.5) is 0 Å². The van der Waals surface area contributed by atoms with Gasteiger partial charge in [-0.3, -0.25) is 4.79 Å². The van der Waals surface area contributed by atoms with Gasteiger partial charge in [0.15, 0.2) is 0 Å². The van der Waals surface area contributed by atoms with E-state index < -0.39 is 5.54 Å².